The fourth-order valence-electron chi connectivity index (χ4n) is 4.67. The number of hydrogen-bond acceptors (Lipinski definition) is 4. The Morgan fingerprint density at radius 2 is 2.00 bits per heavy atom. The van der Waals surface area contributed by atoms with Crippen LogP contribution in [0.2, 0.25) is 0 Å². The Labute approximate surface area is 155 Å². The topological polar surface area (TPSA) is 52.6 Å². The Balaban J connectivity index is 1.74. The van der Waals surface area contributed by atoms with Gasteiger partial charge in [-0.3, -0.25) is 9.59 Å². The maximum absolute atomic E-state index is 12.8. The number of Topliss-reactive ketones (excluding diaryl/α,β-unsaturated/α-hetero) is 1. The van der Waals surface area contributed by atoms with Gasteiger partial charge in [-0.25, -0.2) is 0 Å². The zero-order valence-corrected chi connectivity index (χ0v) is 15.9. The second-order valence-electron chi connectivity index (χ2n) is 7.66. The van der Waals surface area contributed by atoms with Crippen molar-refractivity contribution in [2.45, 2.75) is 39.7 Å². The molecule has 1 aromatic carbocycles. The maximum atomic E-state index is 12.8. The van der Waals surface area contributed by atoms with E-state index in [0.717, 1.165) is 12.0 Å². The Morgan fingerprint density at radius 1 is 1.27 bits per heavy atom. The molecule has 2 bridgehead atoms. The third kappa shape index (κ3) is 3.23. The van der Waals surface area contributed by atoms with Crippen molar-refractivity contribution < 1.29 is 19.1 Å². The molecule has 4 heteroatoms. The number of fused-ring (bicyclic) bond motifs is 2. The van der Waals surface area contributed by atoms with Crippen LogP contribution in [0.4, 0.5) is 0 Å². The average molecular weight is 356 g/mol. The van der Waals surface area contributed by atoms with Gasteiger partial charge in [-0.15, -0.1) is 0 Å². The normalized spacial score (nSPS) is 27.5. The highest BCUT2D eigenvalue weighted by atomic mass is 16.5. The maximum Gasteiger partial charge on any atom is 0.323 e. The summed E-state index contributed by atoms with van der Waals surface area (Å²) in [6, 6.07) is 10.0. The SMILES string of the molecule is COC(=O)[C@]12C=C(C(C)C)[C@H](CCC1=O)[C@@H]2CCOCc1ccccc1. The smallest absolute Gasteiger partial charge is 0.323 e. The molecule has 0 amide bonds. The molecule has 2 aliphatic carbocycles. The lowest BCUT2D eigenvalue weighted by Gasteiger charge is -2.38. The predicted octanol–water partition coefficient (Wildman–Crippen LogP) is 3.94. The van der Waals surface area contributed by atoms with Crippen molar-refractivity contribution in [2.24, 2.45) is 23.2 Å². The van der Waals surface area contributed by atoms with Gasteiger partial charge in [-0.2, -0.15) is 0 Å². The van der Waals surface area contributed by atoms with Gasteiger partial charge in [-0.1, -0.05) is 55.8 Å². The molecule has 4 nitrogen and oxygen atoms in total. The van der Waals surface area contributed by atoms with Crippen molar-refractivity contribution in [3.63, 3.8) is 0 Å². The van der Waals surface area contributed by atoms with Gasteiger partial charge in [0, 0.05) is 13.0 Å². The summed E-state index contributed by atoms with van der Waals surface area (Å²) in [5.41, 5.74) is 1.25. The molecule has 0 heterocycles. The van der Waals surface area contributed by atoms with E-state index in [4.69, 9.17) is 9.47 Å². The summed E-state index contributed by atoms with van der Waals surface area (Å²) in [5.74, 6) is 0.141. The zero-order valence-electron chi connectivity index (χ0n) is 15.9. The number of carbonyl (C=O) groups excluding carboxylic acids is 2. The quantitative estimate of drug-likeness (QED) is 0.321. The van der Waals surface area contributed by atoms with E-state index in [1.54, 1.807) is 0 Å². The monoisotopic (exact) mass is 356 g/mol. The highest BCUT2D eigenvalue weighted by Gasteiger charge is 2.60. The van der Waals surface area contributed by atoms with Crippen molar-refractivity contribution in [1.82, 2.24) is 0 Å². The van der Waals surface area contributed by atoms with E-state index in [2.05, 4.69) is 13.8 Å². The summed E-state index contributed by atoms with van der Waals surface area (Å²) in [6.45, 7) is 5.33. The van der Waals surface area contributed by atoms with E-state index in [1.165, 1.54) is 12.7 Å². The molecule has 0 aromatic heterocycles. The minimum absolute atomic E-state index is 0.00399. The van der Waals surface area contributed by atoms with E-state index in [1.807, 2.05) is 36.4 Å². The number of ketones is 1. The number of benzene rings is 1. The van der Waals surface area contributed by atoms with Crippen molar-refractivity contribution in [3.05, 3.63) is 47.5 Å². The van der Waals surface area contributed by atoms with Crippen molar-refractivity contribution in [1.29, 1.82) is 0 Å². The van der Waals surface area contributed by atoms with E-state index >= 15 is 0 Å². The molecule has 1 fully saturated rings. The number of ether oxygens (including phenoxy) is 2. The molecular weight excluding hydrogens is 328 g/mol. The van der Waals surface area contributed by atoms with Crippen LogP contribution in [-0.4, -0.2) is 25.5 Å². The summed E-state index contributed by atoms with van der Waals surface area (Å²) >= 11 is 0. The zero-order chi connectivity index (χ0) is 18.7. The number of esters is 1. The van der Waals surface area contributed by atoms with Crippen LogP contribution in [-0.2, 0) is 25.7 Å². The van der Waals surface area contributed by atoms with Crippen LogP contribution >= 0.6 is 0 Å². The summed E-state index contributed by atoms with van der Waals surface area (Å²) in [5, 5.41) is 0. The highest BCUT2D eigenvalue weighted by Crippen LogP contribution is 2.56. The first-order valence-electron chi connectivity index (χ1n) is 9.46. The van der Waals surface area contributed by atoms with Crippen LogP contribution in [0.15, 0.2) is 42.0 Å². The Morgan fingerprint density at radius 3 is 2.65 bits per heavy atom. The molecule has 140 valence electrons. The molecule has 3 atom stereocenters. The predicted molar refractivity (Wildman–Crippen MR) is 99.3 cm³/mol. The van der Waals surface area contributed by atoms with Crippen LogP contribution in [0, 0.1) is 23.2 Å². The van der Waals surface area contributed by atoms with E-state index in [0.29, 0.717) is 32.0 Å². The van der Waals surface area contributed by atoms with Gasteiger partial charge in [-0.05, 0) is 36.2 Å². The molecule has 0 aliphatic heterocycles. The largest absolute Gasteiger partial charge is 0.468 e. The van der Waals surface area contributed by atoms with Crippen LogP contribution < -0.4 is 0 Å². The first-order valence-corrected chi connectivity index (χ1v) is 9.46. The Kier molecular flexibility index (Phi) is 5.61. The second-order valence-corrected chi connectivity index (χ2v) is 7.66. The standard InChI is InChI=1S/C22H28O4/c1-15(2)18-13-22(21(24)25-3)19(17(18)9-10-20(22)23)11-12-26-14-16-7-5-4-6-8-16/h4-8,13,15,17,19H,9-12,14H2,1-3H3/t17-,19-,22-/m0/s1. The lowest BCUT2D eigenvalue weighted by Crippen LogP contribution is -2.48. The number of methoxy groups -OCH3 is 1. The summed E-state index contributed by atoms with van der Waals surface area (Å²) in [4.78, 5) is 25.5. The highest BCUT2D eigenvalue weighted by molar-refractivity contribution is 6.07. The van der Waals surface area contributed by atoms with Gasteiger partial charge in [0.15, 0.2) is 5.78 Å². The number of hydrogen-bond donors (Lipinski definition) is 0. The van der Waals surface area contributed by atoms with Gasteiger partial charge < -0.3 is 9.47 Å². The Hall–Kier alpha value is -1.94. The minimum Gasteiger partial charge on any atom is -0.468 e. The molecule has 26 heavy (non-hydrogen) atoms. The van der Waals surface area contributed by atoms with Gasteiger partial charge >= 0.3 is 5.97 Å². The second kappa shape index (κ2) is 7.75. The van der Waals surface area contributed by atoms with E-state index in [-0.39, 0.29) is 17.6 Å². The molecule has 0 radical (unpaired) electrons. The fourth-order valence-corrected chi connectivity index (χ4v) is 4.67. The summed E-state index contributed by atoms with van der Waals surface area (Å²) in [6.07, 6.45) is 3.90. The van der Waals surface area contributed by atoms with E-state index in [9.17, 15) is 9.59 Å². The van der Waals surface area contributed by atoms with Crippen LogP contribution in [0.3, 0.4) is 0 Å². The van der Waals surface area contributed by atoms with Gasteiger partial charge in [0.05, 0.1) is 13.7 Å². The van der Waals surface area contributed by atoms with Crippen molar-refractivity contribution >= 4 is 11.8 Å². The molecule has 0 unspecified atom stereocenters. The van der Waals surface area contributed by atoms with Crippen molar-refractivity contribution in [2.75, 3.05) is 13.7 Å². The van der Waals surface area contributed by atoms with Crippen LogP contribution in [0.1, 0.15) is 38.7 Å². The van der Waals surface area contributed by atoms with Gasteiger partial charge in [0.2, 0.25) is 0 Å². The number of allylic oxidation sites excluding steroid dienone is 1. The minimum atomic E-state index is -1.10. The summed E-state index contributed by atoms with van der Waals surface area (Å²) in [7, 11) is 1.37. The van der Waals surface area contributed by atoms with Crippen LogP contribution in [0.5, 0.6) is 0 Å². The molecule has 3 rings (SSSR count). The molecular formula is C22H28O4. The number of rotatable bonds is 7. The van der Waals surface area contributed by atoms with E-state index < -0.39 is 11.4 Å². The van der Waals surface area contributed by atoms with Gasteiger partial charge in [0.25, 0.3) is 0 Å². The number of carbonyl (C=O) groups is 2. The molecule has 0 N–H and O–H groups in total. The summed E-state index contributed by atoms with van der Waals surface area (Å²) < 4.78 is 10.9. The van der Waals surface area contributed by atoms with Crippen LogP contribution in [0.25, 0.3) is 0 Å². The van der Waals surface area contributed by atoms with Gasteiger partial charge in [0.1, 0.15) is 5.41 Å². The first kappa shape index (κ1) is 18.8. The molecule has 2 aliphatic rings. The molecule has 1 saturated carbocycles. The lowest BCUT2D eigenvalue weighted by molar-refractivity contribution is -0.160. The third-order valence-electron chi connectivity index (χ3n) is 5.91. The Bertz CT molecular complexity index is 681. The first-order chi connectivity index (χ1) is 12.5. The van der Waals surface area contributed by atoms with Crippen molar-refractivity contribution in [3.8, 4) is 0 Å². The molecule has 0 spiro atoms. The third-order valence-corrected chi connectivity index (χ3v) is 5.91. The molecule has 1 aromatic rings. The molecule has 0 saturated heterocycles. The fraction of sp³-hybridized carbons (Fsp3) is 0.545. The average Bonchev–Trinajstić information content (AvgIpc) is 2.90. The lowest BCUT2D eigenvalue weighted by atomic mass is 9.63.